The highest BCUT2D eigenvalue weighted by Gasteiger charge is 2.04. The second kappa shape index (κ2) is 5.78. The van der Waals surface area contributed by atoms with E-state index in [1.807, 2.05) is 6.07 Å². The van der Waals surface area contributed by atoms with Crippen LogP contribution >= 0.6 is 0 Å². The highest BCUT2D eigenvalue weighted by Crippen LogP contribution is 2.17. The van der Waals surface area contributed by atoms with E-state index in [-0.39, 0.29) is 12.6 Å². The maximum Gasteiger partial charge on any atom is 0.0431 e. The number of benzene rings is 1. The number of unbranched alkanes of at least 4 members (excludes halogenated alkanes) is 1. The van der Waals surface area contributed by atoms with Gasteiger partial charge in [-0.15, -0.1) is 0 Å². The highest BCUT2D eigenvalue weighted by molar-refractivity contribution is 5.24. The lowest BCUT2D eigenvalue weighted by Crippen LogP contribution is -2.10. The molecule has 0 aliphatic heterocycles. The van der Waals surface area contributed by atoms with Crippen molar-refractivity contribution in [2.45, 2.75) is 32.2 Å². The molecular formula is C12H19NO. The van der Waals surface area contributed by atoms with Gasteiger partial charge in [-0.3, -0.25) is 0 Å². The maximum atomic E-state index is 8.65. The molecule has 0 saturated carbocycles. The third-order valence-electron chi connectivity index (χ3n) is 2.39. The molecule has 0 bridgehead atoms. The van der Waals surface area contributed by atoms with Crippen LogP contribution in [-0.4, -0.2) is 11.7 Å². The average molecular weight is 193 g/mol. The molecule has 1 rings (SSSR count). The van der Waals surface area contributed by atoms with Crippen LogP contribution in [0.4, 0.5) is 0 Å². The molecule has 2 nitrogen and oxygen atoms in total. The summed E-state index contributed by atoms with van der Waals surface area (Å²) in [5, 5.41) is 8.65. The minimum atomic E-state index is 0.112. The molecule has 0 aromatic heterocycles. The van der Waals surface area contributed by atoms with Crippen LogP contribution in [0.5, 0.6) is 0 Å². The molecule has 0 radical (unpaired) electrons. The Kier molecular flexibility index (Phi) is 4.63. The zero-order valence-corrected chi connectivity index (χ0v) is 8.74. The predicted molar refractivity (Wildman–Crippen MR) is 59.0 cm³/mol. The lowest BCUT2D eigenvalue weighted by Gasteiger charge is -2.11. The largest absolute Gasteiger partial charge is 0.396 e. The van der Waals surface area contributed by atoms with Crippen molar-refractivity contribution in [3.63, 3.8) is 0 Å². The van der Waals surface area contributed by atoms with Gasteiger partial charge in [0.15, 0.2) is 0 Å². The van der Waals surface area contributed by atoms with Crippen LogP contribution in [0, 0.1) is 6.92 Å². The number of aliphatic hydroxyl groups is 1. The second-order valence-corrected chi connectivity index (χ2v) is 3.74. The van der Waals surface area contributed by atoms with Gasteiger partial charge in [-0.1, -0.05) is 29.8 Å². The molecule has 0 unspecified atom stereocenters. The normalized spacial score (nSPS) is 12.8. The van der Waals surface area contributed by atoms with E-state index in [0.29, 0.717) is 0 Å². The summed E-state index contributed by atoms with van der Waals surface area (Å²) in [5.74, 6) is 0. The first-order chi connectivity index (χ1) is 6.74. The van der Waals surface area contributed by atoms with E-state index < -0.39 is 0 Å². The Balaban J connectivity index is 2.47. The molecule has 0 fully saturated rings. The Labute approximate surface area is 85.8 Å². The molecule has 0 heterocycles. The molecule has 3 N–H and O–H groups in total. The van der Waals surface area contributed by atoms with Crippen LogP contribution in [0.25, 0.3) is 0 Å². The van der Waals surface area contributed by atoms with E-state index in [1.54, 1.807) is 0 Å². The topological polar surface area (TPSA) is 46.2 Å². The van der Waals surface area contributed by atoms with Crippen LogP contribution in [0.1, 0.15) is 36.4 Å². The Bertz CT molecular complexity index is 273. The minimum absolute atomic E-state index is 0.112. The molecule has 1 aromatic rings. The lowest BCUT2D eigenvalue weighted by molar-refractivity contribution is 0.281. The summed E-state index contributed by atoms with van der Waals surface area (Å²) in [4.78, 5) is 0. The molecule has 0 saturated heterocycles. The van der Waals surface area contributed by atoms with Gasteiger partial charge in [0.2, 0.25) is 0 Å². The third-order valence-corrected chi connectivity index (χ3v) is 2.39. The first-order valence-corrected chi connectivity index (χ1v) is 5.17. The molecule has 2 heteroatoms. The molecule has 14 heavy (non-hydrogen) atoms. The van der Waals surface area contributed by atoms with Gasteiger partial charge in [0, 0.05) is 12.6 Å². The zero-order chi connectivity index (χ0) is 10.4. The number of nitrogens with two attached hydrogens (primary N) is 1. The van der Waals surface area contributed by atoms with Gasteiger partial charge in [-0.05, 0) is 31.7 Å². The quantitative estimate of drug-likeness (QED) is 0.704. The molecule has 0 amide bonds. The Hall–Kier alpha value is -0.860. The molecule has 1 atom stereocenters. The number of hydrogen-bond donors (Lipinski definition) is 2. The van der Waals surface area contributed by atoms with Crippen LogP contribution in [-0.2, 0) is 0 Å². The molecule has 1 aromatic carbocycles. The van der Waals surface area contributed by atoms with Crippen LogP contribution in [0.15, 0.2) is 24.3 Å². The average Bonchev–Trinajstić information content (AvgIpc) is 2.18. The van der Waals surface area contributed by atoms with Crippen LogP contribution < -0.4 is 5.73 Å². The van der Waals surface area contributed by atoms with Gasteiger partial charge in [-0.2, -0.15) is 0 Å². The molecule has 78 valence electrons. The minimum Gasteiger partial charge on any atom is -0.396 e. The van der Waals surface area contributed by atoms with Crippen molar-refractivity contribution in [1.29, 1.82) is 0 Å². The van der Waals surface area contributed by atoms with E-state index in [0.717, 1.165) is 19.3 Å². The molecule has 0 aliphatic carbocycles. The summed E-state index contributed by atoms with van der Waals surface area (Å²) in [6.45, 7) is 2.34. The van der Waals surface area contributed by atoms with Crippen molar-refractivity contribution >= 4 is 0 Å². The van der Waals surface area contributed by atoms with E-state index in [9.17, 15) is 0 Å². The number of hydrogen-bond acceptors (Lipinski definition) is 2. The van der Waals surface area contributed by atoms with Gasteiger partial charge in [0.25, 0.3) is 0 Å². The Morgan fingerprint density at radius 1 is 1.36 bits per heavy atom. The lowest BCUT2D eigenvalue weighted by atomic mass is 10.0. The van der Waals surface area contributed by atoms with E-state index in [2.05, 4.69) is 25.1 Å². The molecule has 0 aliphatic rings. The van der Waals surface area contributed by atoms with Crippen molar-refractivity contribution in [3.05, 3.63) is 35.4 Å². The monoisotopic (exact) mass is 193 g/mol. The van der Waals surface area contributed by atoms with Gasteiger partial charge < -0.3 is 10.8 Å². The van der Waals surface area contributed by atoms with Crippen molar-refractivity contribution < 1.29 is 5.11 Å². The number of aryl methyl sites for hydroxylation is 1. The highest BCUT2D eigenvalue weighted by atomic mass is 16.2. The summed E-state index contributed by atoms with van der Waals surface area (Å²) < 4.78 is 0. The predicted octanol–water partition coefficient (Wildman–Crippen LogP) is 2.16. The zero-order valence-electron chi connectivity index (χ0n) is 8.74. The molecule has 0 spiro atoms. The fourth-order valence-corrected chi connectivity index (χ4v) is 1.54. The summed E-state index contributed by atoms with van der Waals surface area (Å²) in [6.07, 6.45) is 2.79. The van der Waals surface area contributed by atoms with Gasteiger partial charge >= 0.3 is 0 Å². The number of rotatable bonds is 5. The fraction of sp³-hybridized carbons (Fsp3) is 0.500. The summed E-state index contributed by atoms with van der Waals surface area (Å²) in [6, 6.07) is 8.42. The van der Waals surface area contributed by atoms with Gasteiger partial charge in [-0.25, -0.2) is 0 Å². The summed E-state index contributed by atoms with van der Waals surface area (Å²) >= 11 is 0. The fourth-order valence-electron chi connectivity index (χ4n) is 1.54. The summed E-state index contributed by atoms with van der Waals surface area (Å²) in [7, 11) is 0. The third kappa shape index (κ3) is 3.48. The maximum absolute atomic E-state index is 8.65. The second-order valence-electron chi connectivity index (χ2n) is 3.74. The van der Waals surface area contributed by atoms with Crippen molar-refractivity contribution in [2.75, 3.05) is 6.61 Å². The van der Waals surface area contributed by atoms with Crippen molar-refractivity contribution in [2.24, 2.45) is 5.73 Å². The first-order valence-electron chi connectivity index (χ1n) is 5.17. The number of aliphatic hydroxyl groups excluding tert-OH is 1. The standard InChI is InChI=1S/C12H19NO/c1-10-5-4-6-11(9-10)12(13)7-2-3-8-14/h4-6,9,12,14H,2-3,7-8,13H2,1H3/t12-/m1/s1. The van der Waals surface area contributed by atoms with E-state index >= 15 is 0 Å². The van der Waals surface area contributed by atoms with Crippen molar-refractivity contribution in [3.8, 4) is 0 Å². The first kappa shape index (κ1) is 11.2. The van der Waals surface area contributed by atoms with Crippen LogP contribution in [0.3, 0.4) is 0 Å². The van der Waals surface area contributed by atoms with E-state index in [4.69, 9.17) is 10.8 Å². The van der Waals surface area contributed by atoms with Crippen molar-refractivity contribution in [1.82, 2.24) is 0 Å². The SMILES string of the molecule is Cc1cccc([C@H](N)CCCCO)c1. The van der Waals surface area contributed by atoms with Gasteiger partial charge in [0.05, 0.1) is 0 Å². The van der Waals surface area contributed by atoms with E-state index in [1.165, 1.54) is 11.1 Å². The van der Waals surface area contributed by atoms with Gasteiger partial charge in [0.1, 0.15) is 0 Å². The molecular weight excluding hydrogens is 174 g/mol. The summed E-state index contributed by atoms with van der Waals surface area (Å²) in [5.41, 5.74) is 8.47. The smallest absolute Gasteiger partial charge is 0.0431 e. The Morgan fingerprint density at radius 3 is 2.79 bits per heavy atom. The Morgan fingerprint density at radius 2 is 2.14 bits per heavy atom. The van der Waals surface area contributed by atoms with Crippen LogP contribution in [0.2, 0.25) is 0 Å².